The Bertz CT molecular complexity index is 175. The van der Waals surface area contributed by atoms with Crippen LogP contribution >= 0.6 is 9.24 Å². The van der Waals surface area contributed by atoms with E-state index in [1.807, 2.05) is 0 Å². The first-order valence-corrected chi connectivity index (χ1v) is 9.58. The number of unbranched alkanes of at least 4 members (excludes halogenated alkanes) is 12. The second-order valence-corrected chi connectivity index (χ2v) is 6.30. The predicted molar refractivity (Wildman–Crippen MR) is 94.0 cm³/mol. The first kappa shape index (κ1) is 19.2. The molecule has 0 amide bonds. The molecule has 19 heavy (non-hydrogen) atoms. The smallest absolute Gasteiger partial charge is 0.0351 e. The van der Waals surface area contributed by atoms with Gasteiger partial charge >= 0.3 is 0 Å². The van der Waals surface area contributed by atoms with Gasteiger partial charge in [-0.3, -0.25) is 0 Å². The van der Waals surface area contributed by atoms with Crippen LogP contribution in [0.25, 0.3) is 0 Å². The zero-order valence-electron chi connectivity index (χ0n) is 13.3. The molecule has 0 aromatic heterocycles. The van der Waals surface area contributed by atoms with Crippen LogP contribution in [0.1, 0.15) is 96.8 Å². The van der Waals surface area contributed by atoms with Crippen LogP contribution < -0.4 is 0 Å². The molecule has 0 N–H and O–H groups in total. The number of hydrogen-bond donors (Lipinski definition) is 0. The Hall–Kier alpha value is 0.170. The van der Waals surface area contributed by atoms with Gasteiger partial charge in [-0.2, -0.15) is 0 Å². The lowest BCUT2D eigenvalue weighted by molar-refractivity contribution is 0.607. The minimum Gasteiger partial charge on any atom is -0.138 e. The molecule has 0 nitrogen and oxygen atoms in total. The molecule has 1 atom stereocenters. The molecule has 0 aliphatic rings. The maximum absolute atomic E-state index is 2.82. The van der Waals surface area contributed by atoms with Gasteiger partial charge in [0.25, 0.3) is 0 Å². The Morgan fingerprint density at radius 3 is 1.47 bits per heavy atom. The number of hydrogen-bond acceptors (Lipinski definition) is 0. The molecular weight excluding hydrogens is 247 g/mol. The summed E-state index contributed by atoms with van der Waals surface area (Å²) >= 11 is 0. The third-order valence-corrected chi connectivity index (χ3v) is 4.12. The minimum atomic E-state index is 1.28. The lowest BCUT2D eigenvalue weighted by atomic mass is 10.1. The Morgan fingerprint density at radius 2 is 1.00 bits per heavy atom. The van der Waals surface area contributed by atoms with E-state index in [0.29, 0.717) is 0 Å². The van der Waals surface area contributed by atoms with Crippen LogP contribution in [0.3, 0.4) is 0 Å². The van der Waals surface area contributed by atoms with E-state index >= 15 is 0 Å². The fourth-order valence-electron chi connectivity index (χ4n) is 2.39. The first-order chi connectivity index (χ1) is 9.41. The van der Waals surface area contributed by atoms with Gasteiger partial charge in [-0.1, -0.05) is 76.9 Å². The van der Waals surface area contributed by atoms with Crippen LogP contribution in [-0.4, -0.2) is 6.16 Å². The highest BCUT2D eigenvalue weighted by Crippen LogP contribution is 2.10. The summed E-state index contributed by atoms with van der Waals surface area (Å²) in [6, 6.07) is 0. The standard InChI is InChI=1S/C18H37P/c1-2-3-4-5-6-7-8-9-10-11-12-13-14-15-16-17-18-19/h9-10H,2-8,11-19H2,1H3. The molecule has 1 unspecified atom stereocenters. The summed E-state index contributed by atoms with van der Waals surface area (Å²) in [5.41, 5.74) is 0. The van der Waals surface area contributed by atoms with Gasteiger partial charge in [-0.15, -0.1) is 9.24 Å². The molecule has 0 aliphatic heterocycles. The zero-order chi connectivity index (χ0) is 14.0. The summed E-state index contributed by atoms with van der Waals surface area (Å²) < 4.78 is 0. The van der Waals surface area contributed by atoms with Crippen LogP contribution in [0.15, 0.2) is 12.2 Å². The maximum Gasteiger partial charge on any atom is -0.0351 e. The number of allylic oxidation sites excluding steroid dienone is 2. The lowest BCUT2D eigenvalue weighted by Crippen LogP contribution is -1.80. The van der Waals surface area contributed by atoms with Gasteiger partial charge in [-0.25, -0.2) is 0 Å². The van der Waals surface area contributed by atoms with Crippen LogP contribution in [-0.2, 0) is 0 Å². The van der Waals surface area contributed by atoms with Gasteiger partial charge in [0.2, 0.25) is 0 Å². The highest BCUT2D eigenvalue weighted by Gasteiger charge is 1.90. The second-order valence-electron chi connectivity index (χ2n) is 5.73. The van der Waals surface area contributed by atoms with Gasteiger partial charge in [0, 0.05) is 0 Å². The summed E-state index contributed by atoms with van der Waals surface area (Å²) in [5.74, 6) is 0. The van der Waals surface area contributed by atoms with Gasteiger partial charge in [-0.05, 0) is 38.3 Å². The van der Waals surface area contributed by atoms with Crippen LogP contribution in [0.5, 0.6) is 0 Å². The van der Waals surface area contributed by atoms with Gasteiger partial charge in [0.05, 0.1) is 0 Å². The molecule has 0 saturated carbocycles. The monoisotopic (exact) mass is 284 g/mol. The van der Waals surface area contributed by atoms with Crippen molar-refractivity contribution in [1.82, 2.24) is 0 Å². The molecule has 0 bridgehead atoms. The average molecular weight is 284 g/mol. The summed E-state index contributed by atoms with van der Waals surface area (Å²) in [4.78, 5) is 0. The maximum atomic E-state index is 2.82. The minimum absolute atomic E-state index is 1.28. The SMILES string of the molecule is CCCCCCCCC=CCCCCCCCCP. The normalized spacial score (nSPS) is 11.5. The molecule has 0 saturated heterocycles. The van der Waals surface area contributed by atoms with E-state index in [2.05, 4.69) is 28.3 Å². The molecule has 0 rings (SSSR count). The molecule has 0 aliphatic carbocycles. The van der Waals surface area contributed by atoms with E-state index in [1.54, 1.807) is 0 Å². The van der Waals surface area contributed by atoms with Crippen molar-refractivity contribution < 1.29 is 0 Å². The van der Waals surface area contributed by atoms with E-state index < -0.39 is 0 Å². The van der Waals surface area contributed by atoms with Gasteiger partial charge < -0.3 is 0 Å². The van der Waals surface area contributed by atoms with E-state index in [0.717, 1.165) is 0 Å². The summed E-state index contributed by atoms with van der Waals surface area (Å²) in [6.45, 7) is 2.28. The molecule has 0 heterocycles. The zero-order valence-corrected chi connectivity index (χ0v) is 14.5. The largest absolute Gasteiger partial charge is 0.138 e. The Labute approximate surface area is 125 Å². The van der Waals surface area contributed by atoms with Crippen molar-refractivity contribution in [2.24, 2.45) is 0 Å². The van der Waals surface area contributed by atoms with Gasteiger partial charge in [0.1, 0.15) is 0 Å². The van der Waals surface area contributed by atoms with Crippen molar-refractivity contribution in [2.75, 3.05) is 6.16 Å². The fraction of sp³-hybridized carbons (Fsp3) is 0.889. The van der Waals surface area contributed by atoms with Crippen LogP contribution in [0, 0.1) is 0 Å². The molecule has 0 fully saturated rings. The highest BCUT2D eigenvalue weighted by atomic mass is 31.0. The van der Waals surface area contributed by atoms with E-state index in [4.69, 9.17) is 0 Å². The van der Waals surface area contributed by atoms with E-state index in [9.17, 15) is 0 Å². The molecular formula is C18H37P. The summed E-state index contributed by atoms with van der Waals surface area (Å²) in [7, 11) is 2.82. The highest BCUT2D eigenvalue weighted by molar-refractivity contribution is 7.16. The van der Waals surface area contributed by atoms with Crippen molar-refractivity contribution in [1.29, 1.82) is 0 Å². The lowest BCUT2D eigenvalue weighted by Gasteiger charge is -1.99. The van der Waals surface area contributed by atoms with Gasteiger partial charge in [0.15, 0.2) is 0 Å². The van der Waals surface area contributed by atoms with Crippen molar-refractivity contribution in [2.45, 2.75) is 96.8 Å². The second kappa shape index (κ2) is 18.2. The van der Waals surface area contributed by atoms with Crippen molar-refractivity contribution in [3.8, 4) is 0 Å². The molecule has 0 aromatic rings. The predicted octanol–water partition coefficient (Wildman–Crippen LogP) is 6.90. The number of rotatable bonds is 15. The Kier molecular flexibility index (Phi) is 18.3. The molecule has 1 heteroatoms. The van der Waals surface area contributed by atoms with Crippen LogP contribution in [0.2, 0.25) is 0 Å². The third-order valence-electron chi connectivity index (χ3n) is 3.72. The van der Waals surface area contributed by atoms with Crippen molar-refractivity contribution in [3.63, 3.8) is 0 Å². The van der Waals surface area contributed by atoms with Crippen LogP contribution in [0.4, 0.5) is 0 Å². The van der Waals surface area contributed by atoms with E-state index in [-0.39, 0.29) is 0 Å². The van der Waals surface area contributed by atoms with Crippen molar-refractivity contribution in [3.05, 3.63) is 12.2 Å². The fourth-order valence-corrected chi connectivity index (χ4v) is 2.68. The average Bonchev–Trinajstić information content (AvgIpc) is 2.43. The molecule has 0 spiro atoms. The Morgan fingerprint density at radius 1 is 0.579 bits per heavy atom. The third kappa shape index (κ3) is 18.2. The summed E-state index contributed by atoms with van der Waals surface area (Å²) in [6.07, 6.45) is 25.7. The molecule has 0 radical (unpaired) electrons. The Balaban J connectivity index is 3.01. The molecule has 114 valence electrons. The first-order valence-electron chi connectivity index (χ1n) is 8.77. The van der Waals surface area contributed by atoms with Crippen molar-refractivity contribution >= 4 is 9.24 Å². The van der Waals surface area contributed by atoms with E-state index in [1.165, 1.54) is 96.1 Å². The molecule has 0 aromatic carbocycles. The topological polar surface area (TPSA) is 0 Å². The summed E-state index contributed by atoms with van der Waals surface area (Å²) in [5, 5.41) is 0. The quantitative estimate of drug-likeness (QED) is 0.174.